The Morgan fingerprint density at radius 1 is 0.847 bits per heavy atom. The number of esters is 1. The molecule has 13 heteroatoms. The highest BCUT2D eigenvalue weighted by atomic mass is 33.1. The van der Waals surface area contributed by atoms with Crippen molar-refractivity contribution in [2.24, 2.45) is 52.1 Å². The molecule has 1 saturated heterocycles. The minimum atomic E-state index is -0.721. The van der Waals surface area contributed by atoms with Crippen LogP contribution in [-0.2, 0) is 41.7 Å². The molecule has 0 radical (unpaired) electrons. The summed E-state index contributed by atoms with van der Waals surface area (Å²) in [5, 5.41) is 2.33. The molecule has 10 atom stereocenters. The van der Waals surface area contributed by atoms with Crippen LogP contribution in [0.4, 0.5) is 4.79 Å². The van der Waals surface area contributed by atoms with Crippen LogP contribution in [0.15, 0.2) is 78.4 Å². The third-order valence-corrected chi connectivity index (χ3v) is 19.9. The van der Waals surface area contributed by atoms with Gasteiger partial charge in [0.1, 0.15) is 25.4 Å². The molecule has 4 aliphatic carbocycles. The first-order valence-electron chi connectivity index (χ1n) is 27.3. The van der Waals surface area contributed by atoms with E-state index in [9.17, 15) is 14.4 Å². The summed E-state index contributed by atoms with van der Waals surface area (Å²) in [4.78, 5) is 46.3. The molecule has 3 saturated carbocycles. The molecule has 3 N–H and O–H groups in total. The predicted octanol–water partition coefficient (Wildman–Crippen LogP) is 12.8. The fourth-order valence-electron chi connectivity index (χ4n) is 13.5. The van der Waals surface area contributed by atoms with E-state index in [1.165, 1.54) is 83.9 Å². The van der Waals surface area contributed by atoms with Gasteiger partial charge in [-0.2, -0.15) is 0 Å². The molecule has 3 aromatic carbocycles. The molecule has 3 aromatic rings. The van der Waals surface area contributed by atoms with Crippen molar-refractivity contribution < 1.29 is 38.2 Å². The first kappa shape index (κ1) is 54.7. The number of carbonyl (C=O) groups is 3. The lowest BCUT2D eigenvalue weighted by Crippen LogP contribution is -2.51. The van der Waals surface area contributed by atoms with E-state index in [1.54, 1.807) is 12.1 Å². The van der Waals surface area contributed by atoms with Crippen LogP contribution < -0.4 is 11.2 Å². The minimum absolute atomic E-state index is 0.118. The number of hydrogen-bond donors (Lipinski definition) is 2. The Bertz CT molecular complexity index is 2290. The Balaban J connectivity index is 0.727. The Morgan fingerprint density at radius 3 is 2.42 bits per heavy atom. The number of ether oxygens (including phenoxy) is 4. The van der Waals surface area contributed by atoms with Gasteiger partial charge < -0.3 is 24.7 Å². The van der Waals surface area contributed by atoms with Crippen LogP contribution in [0.1, 0.15) is 146 Å². The van der Waals surface area contributed by atoms with Crippen molar-refractivity contribution in [2.75, 3.05) is 37.9 Å². The monoisotopic (exact) mass is 1030 g/mol. The first-order chi connectivity index (χ1) is 34.8. The Hall–Kier alpha value is -3.59. The van der Waals surface area contributed by atoms with Gasteiger partial charge in [0.15, 0.2) is 6.29 Å². The van der Waals surface area contributed by atoms with Crippen LogP contribution in [0.5, 0.6) is 0 Å². The van der Waals surface area contributed by atoms with Crippen LogP contribution in [-0.4, -0.2) is 79.2 Å². The van der Waals surface area contributed by atoms with Gasteiger partial charge in [-0.3, -0.25) is 14.5 Å². The molecule has 8 rings (SSSR count). The Kier molecular flexibility index (Phi) is 19.6. The van der Waals surface area contributed by atoms with E-state index in [0.29, 0.717) is 48.7 Å². The van der Waals surface area contributed by atoms with E-state index in [4.69, 9.17) is 29.5 Å². The normalized spacial score (nSPS) is 27.8. The number of carbonyl (C=O) groups excluding carboxylic acids is 3. The van der Waals surface area contributed by atoms with Crippen LogP contribution in [0.25, 0.3) is 10.8 Å². The molecule has 11 nitrogen and oxygen atoms in total. The van der Waals surface area contributed by atoms with E-state index in [2.05, 4.69) is 81.4 Å². The quantitative estimate of drug-likeness (QED) is 0.0307. The number of rotatable bonds is 23. The van der Waals surface area contributed by atoms with Crippen molar-refractivity contribution in [2.45, 2.75) is 156 Å². The van der Waals surface area contributed by atoms with Gasteiger partial charge in [-0.05, 0) is 144 Å². The van der Waals surface area contributed by atoms with Crippen molar-refractivity contribution in [3.63, 3.8) is 0 Å². The maximum atomic E-state index is 13.2. The summed E-state index contributed by atoms with van der Waals surface area (Å²) in [6, 6.07) is 21.4. The second-order valence-corrected chi connectivity index (χ2v) is 25.3. The Labute approximate surface area is 437 Å². The molecule has 0 spiro atoms. The molecule has 394 valence electrons. The van der Waals surface area contributed by atoms with Gasteiger partial charge in [-0.15, -0.1) is 0 Å². The smallest absolute Gasteiger partial charge is 0.461 e. The van der Waals surface area contributed by atoms with Crippen LogP contribution >= 0.6 is 21.6 Å². The van der Waals surface area contributed by atoms with Gasteiger partial charge in [0.05, 0.1) is 0 Å². The van der Waals surface area contributed by atoms with Gasteiger partial charge in [-0.25, -0.2) is 15.1 Å². The van der Waals surface area contributed by atoms with Gasteiger partial charge >= 0.3 is 12.1 Å². The maximum absolute atomic E-state index is 13.2. The number of fused-ring (bicyclic) bond motifs is 6. The lowest BCUT2D eigenvalue weighted by atomic mass is 9.47. The average molecular weight is 1030 g/mol. The minimum Gasteiger partial charge on any atom is -0.461 e. The number of hydrogen-bond acceptors (Lipinski definition) is 12. The summed E-state index contributed by atoms with van der Waals surface area (Å²) in [5.74, 6) is 5.10. The second-order valence-electron chi connectivity index (χ2n) is 22.7. The second kappa shape index (κ2) is 25.8. The number of allylic oxidation sites excluding steroid dienone is 1. The van der Waals surface area contributed by atoms with E-state index in [0.717, 1.165) is 90.5 Å². The summed E-state index contributed by atoms with van der Waals surface area (Å²) in [7, 11) is 3.00. The SMILES string of the molecule is CC(C)CCC[C@@H](C)[C@H]1CC[C@H]2[C@@H]3CC=C4C[C@@H](OC(=O)[C@@H](N)CSSCCOC(=O)OCCN(Cc5ccc(C(=O)NOC6CCCCO6)cc5)Cc5ccc6ccccc6c5)CC[C@]4(C)[C@H]3CC[C@]12C. The first-order valence-corrected chi connectivity index (χ1v) is 29.8. The summed E-state index contributed by atoms with van der Waals surface area (Å²) in [5.41, 5.74) is 13.7. The van der Waals surface area contributed by atoms with Gasteiger partial charge in [-0.1, -0.05) is 136 Å². The van der Waals surface area contributed by atoms with E-state index >= 15 is 0 Å². The molecule has 1 aliphatic heterocycles. The summed E-state index contributed by atoms with van der Waals surface area (Å²) in [6.07, 6.45) is 17.6. The summed E-state index contributed by atoms with van der Waals surface area (Å²) < 4.78 is 22.6. The van der Waals surface area contributed by atoms with Crippen LogP contribution in [0, 0.1) is 46.3 Å². The number of nitrogens with two attached hydrogens (primary N) is 1. The number of hydroxylamine groups is 1. The fraction of sp³-hybridized carbons (Fsp3) is 0.644. The highest BCUT2D eigenvalue weighted by Crippen LogP contribution is 2.67. The maximum Gasteiger partial charge on any atom is 0.508 e. The summed E-state index contributed by atoms with van der Waals surface area (Å²) >= 11 is 0. The molecule has 5 aliphatic rings. The van der Waals surface area contributed by atoms with Crippen LogP contribution in [0.3, 0.4) is 0 Å². The van der Waals surface area contributed by atoms with E-state index in [1.807, 2.05) is 24.3 Å². The molecular formula is C59H83N3O8S2. The third-order valence-electron chi connectivity index (χ3n) is 17.5. The highest BCUT2D eigenvalue weighted by Gasteiger charge is 2.59. The average Bonchev–Trinajstić information content (AvgIpc) is 3.74. The van der Waals surface area contributed by atoms with Crippen molar-refractivity contribution in [3.8, 4) is 0 Å². The number of nitrogens with one attached hydrogen (secondary N) is 1. The molecule has 72 heavy (non-hydrogen) atoms. The van der Waals surface area contributed by atoms with Gasteiger partial charge in [0.25, 0.3) is 5.91 Å². The topological polar surface area (TPSA) is 139 Å². The largest absolute Gasteiger partial charge is 0.508 e. The molecule has 1 amide bonds. The molecule has 1 unspecified atom stereocenters. The standard InChI is InChI=1S/C59H83N3O8S2/c1-40(2)11-10-12-41(3)50-24-25-51-49-23-22-47-36-48(26-28-58(47,4)52(49)27-29-59(50,51)5)69-56(64)53(60)39-72-71-34-33-68-57(65)67-32-30-62(38-43-18-19-44-13-6-7-14-46(44)35-43)37-42-16-20-45(21-17-42)55(63)61-70-54-15-8-9-31-66-54/h6-7,13-14,16-22,35,40-41,48-54H,8-12,15,23-34,36-39,60H2,1-5H3,(H,61,63)/t41-,48+,49+,50-,51+,52+,53+,54?,58+,59-/m1/s1. The van der Waals surface area contributed by atoms with Gasteiger partial charge in [0, 0.05) is 56.2 Å². The summed E-state index contributed by atoms with van der Waals surface area (Å²) in [6.45, 7) is 15.1. The lowest BCUT2D eigenvalue weighted by molar-refractivity contribution is -0.186. The van der Waals surface area contributed by atoms with Crippen LogP contribution in [0.2, 0.25) is 0 Å². The zero-order valence-corrected chi connectivity index (χ0v) is 45.4. The zero-order valence-electron chi connectivity index (χ0n) is 43.8. The Morgan fingerprint density at radius 2 is 1.62 bits per heavy atom. The van der Waals surface area contributed by atoms with Crippen molar-refractivity contribution in [1.82, 2.24) is 10.4 Å². The lowest BCUT2D eigenvalue weighted by Gasteiger charge is -2.58. The number of benzene rings is 3. The third kappa shape index (κ3) is 14.0. The van der Waals surface area contributed by atoms with Crippen molar-refractivity contribution in [1.29, 1.82) is 0 Å². The predicted molar refractivity (Wildman–Crippen MR) is 290 cm³/mol. The number of nitrogens with zero attached hydrogens (tertiary/aromatic N) is 1. The number of amides is 1. The molecule has 0 bridgehead atoms. The van der Waals surface area contributed by atoms with Crippen molar-refractivity contribution in [3.05, 3.63) is 95.1 Å². The highest BCUT2D eigenvalue weighted by molar-refractivity contribution is 8.76. The van der Waals surface area contributed by atoms with Crippen molar-refractivity contribution >= 4 is 50.4 Å². The molecule has 4 fully saturated rings. The zero-order chi connectivity index (χ0) is 50.7. The molecule has 1 heterocycles. The molecule has 0 aromatic heterocycles. The fourth-order valence-corrected chi connectivity index (χ4v) is 15.5. The van der Waals surface area contributed by atoms with Gasteiger partial charge in [0.2, 0.25) is 0 Å². The van der Waals surface area contributed by atoms with E-state index in [-0.39, 0.29) is 36.6 Å². The molecular weight excluding hydrogens is 943 g/mol. The van der Waals surface area contributed by atoms with E-state index < -0.39 is 18.5 Å².